The number of pyridine rings is 2. The molecular weight excluding hydrogens is 282 g/mol. The maximum atomic E-state index is 5.74. The topological polar surface area (TPSA) is 61.0 Å². The molecule has 0 saturated carbocycles. The predicted octanol–water partition coefficient (Wildman–Crippen LogP) is 3.05. The Hall–Kier alpha value is -1.46. The second kappa shape index (κ2) is 5.25. The van der Waals surface area contributed by atoms with Crippen LogP contribution < -0.4 is 10.5 Å². The average Bonchev–Trinajstić information content (AvgIpc) is 2.29. The SMILES string of the molecule is C[C@H](N)c1ccc(Oc2cncc(Br)c2)nc1. The van der Waals surface area contributed by atoms with Crippen LogP contribution in [0.5, 0.6) is 11.6 Å². The number of aromatic nitrogens is 2. The maximum Gasteiger partial charge on any atom is 0.219 e. The van der Waals surface area contributed by atoms with Crippen LogP contribution in [0.15, 0.2) is 41.3 Å². The number of ether oxygens (including phenoxy) is 1. The Balaban J connectivity index is 2.14. The van der Waals surface area contributed by atoms with Crippen molar-refractivity contribution in [1.29, 1.82) is 0 Å². The molecule has 0 aliphatic heterocycles. The van der Waals surface area contributed by atoms with Gasteiger partial charge >= 0.3 is 0 Å². The van der Waals surface area contributed by atoms with Gasteiger partial charge in [-0.25, -0.2) is 4.98 Å². The van der Waals surface area contributed by atoms with E-state index >= 15 is 0 Å². The first-order valence-electron chi connectivity index (χ1n) is 5.15. The lowest BCUT2D eigenvalue weighted by Gasteiger charge is -2.07. The highest BCUT2D eigenvalue weighted by atomic mass is 79.9. The highest BCUT2D eigenvalue weighted by Crippen LogP contribution is 2.22. The van der Waals surface area contributed by atoms with Crippen LogP contribution in [0.2, 0.25) is 0 Å². The summed E-state index contributed by atoms with van der Waals surface area (Å²) in [4.78, 5) is 8.19. The van der Waals surface area contributed by atoms with Crippen LogP contribution in [-0.4, -0.2) is 9.97 Å². The molecule has 0 aliphatic carbocycles. The summed E-state index contributed by atoms with van der Waals surface area (Å²) >= 11 is 3.33. The third-order valence-corrected chi connectivity index (χ3v) is 2.62. The molecule has 2 aromatic heterocycles. The van der Waals surface area contributed by atoms with Crippen LogP contribution in [0.1, 0.15) is 18.5 Å². The monoisotopic (exact) mass is 293 g/mol. The number of nitrogens with two attached hydrogens (primary N) is 1. The fraction of sp³-hybridized carbons (Fsp3) is 0.167. The molecule has 2 aromatic rings. The van der Waals surface area contributed by atoms with E-state index in [0.717, 1.165) is 10.0 Å². The molecule has 0 unspecified atom stereocenters. The smallest absolute Gasteiger partial charge is 0.219 e. The first kappa shape index (κ1) is 12.0. The molecular formula is C12H12BrN3O. The third kappa shape index (κ3) is 3.25. The first-order valence-corrected chi connectivity index (χ1v) is 5.94. The molecule has 0 spiro atoms. The van der Waals surface area contributed by atoms with Crippen molar-refractivity contribution < 1.29 is 4.74 Å². The Bertz CT molecular complexity index is 499. The predicted molar refractivity (Wildman–Crippen MR) is 68.9 cm³/mol. The molecule has 0 aliphatic rings. The van der Waals surface area contributed by atoms with Gasteiger partial charge in [-0.3, -0.25) is 4.98 Å². The summed E-state index contributed by atoms with van der Waals surface area (Å²) in [6.07, 6.45) is 5.04. The van der Waals surface area contributed by atoms with Gasteiger partial charge in [0.2, 0.25) is 5.88 Å². The Morgan fingerprint density at radius 3 is 2.71 bits per heavy atom. The number of halogens is 1. The van der Waals surface area contributed by atoms with E-state index in [4.69, 9.17) is 10.5 Å². The fourth-order valence-corrected chi connectivity index (χ4v) is 1.63. The van der Waals surface area contributed by atoms with E-state index in [0.29, 0.717) is 11.6 Å². The van der Waals surface area contributed by atoms with Crippen molar-refractivity contribution in [2.24, 2.45) is 5.73 Å². The van der Waals surface area contributed by atoms with Gasteiger partial charge in [0.1, 0.15) is 5.75 Å². The Morgan fingerprint density at radius 2 is 2.12 bits per heavy atom. The molecule has 17 heavy (non-hydrogen) atoms. The van der Waals surface area contributed by atoms with Crippen molar-refractivity contribution in [1.82, 2.24) is 9.97 Å². The standard InChI is InChI=1S/C12H12BrN3O/c1-8(14)9-2-3-12(16-5-9)17-11-4-10(13)6-15-7-11/h2-8H,14H2,1H3/t8-/m0/s1. The number of rotatable bonds is 3. The first-order chi connectivity index (χ1) is 8.15. The van der Waals surface area contributed by atoms with Gasteiger partial charge in [-0.2, -0.15) is 0 Å². The van der Waals surface area contributed by atoms with E-state index in [9.17, 15) is 0 Å². The molecule has 2 rings (SSSR count). The molecule has 0 saturated heterocycles. The summed E-state index contributed by atoms with van der Waals surface area (Å²) in [5.74, 6) is 1.16. The number of hydrogen-bond acceptors (Lipinski definition) is 4. The van der Waals surface area contributed by atoms with Gasteiger partial charge in [0.15, 0.2) is 0 Å². The van der Waals surface area contributed by atoms with Crippen molar-refractivity contribution in [3.8, 4) is 11.6 Å². The van der Waals surface area contributed by atoms with Crippen molar-refractivity contribution >= 4 is 15.9 Å². The Labute approximate surface area is 108 Å². The van der Waals surface area contributed by atoms with Crippen LogP contribution in [-0.2, 0) is 0 Å². The van der Waals surface area contributed by atoms with Crippen molar-refractivity contribution in [3.05, 3.63) is 46.8 Å². The number of hydrogen-bond donors (Lipinski definition) is 1. The zero-order chi connectivity index (χ0) is 12.3. The van der Waals surface area contributed by atoms with Gasteiger partial charge in [-0.1, -0.05) is 6.07 Å². The van der Waals surface area contributed by atoms with Gasteiger partial charge < -0.3 is 10.5 Å². The summed E-state index contributed by atoms with van der Waals surface area (Å²) in [6, 6.07) is 5.50. The van der Waals surface area contributed by atoms with Gasteiger partial charge in [0.25, 0.3) is 0 Å². The van der Waals surface area contributed by atoms with Gasteiger partial charge in [-0.15, -0.1) is 0 Å². The summed E-state index contributed by atoms with van der Waals surface area (Å²) < 4.78 is 6.41. The zero-order valence-electron chi connectivity index (χ0n) is 9.30. The zero-order valence-corrected chi connectivity index (χ0v) is 10.9. The Kier molecular flexibility index (Phi) is 3.71. The molecule has 88 valence electrons. The molecule has 0 fully saturated rings. The van der Waals surface area contributed by atoms with Crippen molar-refractivity contribution in [2.45, 2.75) is 13.0 Å². The van der Waals surface area contributed by atoms with Crippen molar-refractivity contribution in [2.75, 3.05) is 0 Å². The molecule has 1 atom stereocenters. The second-order valence-corrected chi connectivity index (χ2v) is 4.58. The van der Waals surface area contributed by atoms with Crippen LogP contribution in [0.3, 0.4) is 0 Å². The minimum absolute atomic E-state index is 0.0240. The second-order valence-electron chi connectivity index (χ2n) is 3.66. The lowest BCUT2D eigenvalue weighted by atomic mass is 10.2. The fourth-order valence-electron chi connectivity index (χ4n) is 1.29. The summed E-state index contributed by atoms with van der Waals surface area (Å²) in [7, 11) is 0. The van der Waals surface area contributed by atoms with Crippen LogP contribution in [0.25, 0.3) is 0 Å². The largest absolute Gasteiger partial charge is 0.437 e. The quantitative estimate of drug-likeness (QED) is 0.945. The van der Waals surface area contributed by atoms with E-state index in [1.165, 1.54) is 0 Å². The normalized spacial score (nSPS) is 12.2. The lowest BCUT2D eigenvalue weighted by Crippen LogP contribution is -2.05. The minimum Gasteiger partial charge on any atom is -0.437 e. The van der Waals surface area contributed by atoms with Gasteiger partial charge in [0, 0.05) is 29.0 Å². The molecule has 0 amide bonds. The highest BCUT2D eigenvalue weighted by Gasteiger charge is 2.02. The lowest BCUT2D eigenvalue weighted by molar-refractivity contribution is 0.459. The molecule has 4 nitrogen and oxygen atoms in total. The summed E-state index contributed by atoms with van der Waals surface area (Å²) in [6.45, 7) is 1.91. The molecule has 2 N–H and O–H groups in total. The molecule has 0 aromatic carbocycles. The van der Waals surface area contributed by atoms with Gasteiger partial charge in [-0.05, 0) is 34.5 Å². The van der Waals surface area contributed by atoms with E-state index in [1.807, 2.05) is 19.1 Å². The van der Waals surface area contributed by atoms with E-state index < -0.39 is 0 Å². The highest BCUT2D eigenvalue weighted by molar-refractivity contribution is 9.10. The third-order valence-electron chi connectivity index (χ3n) is 2.19. The molecule has 2 heterocycles. The van der Waals surface area contributed by atoms with E-state index in [-0.39, 0.29) is 6.04 Å². The van der Waals surface area contributed by atoms with Crippen LogP contribution >= 0.6 is 15.9 Å². The molecule has 5 heteroatoms. The van der Waals surface area contributed by atoms with Crippen LogP contribution in [0, 0.1) is 0 Å². The summed E-state index contributed by atoms with van der Waals surface area (Å²) in [5.41, 5.74) is 6.72. The molecule has 0 bridgehead atoms. The number of nitrogens with zero attached hydrogens (tertiary/aromatic N) is 2. The summed E-state index contributed by atoms with van der Waals surface area (Å²) in [5, 5.41) is 0. The van der Waals surface area contributed by atoms with E-state index in [1.54, 1.807) is 24.7 Å². The van der Waals surface area contributed by atoms with Gasteiger partial charge in [0.05, 0.1) is 6.20 Å². The van der Waals surface area contributed by atoms with Crippen LogP contribution in [0.4, 0.5) is 0 Å². The molecule has 0 radical (unpaired) electrons. The minimum atomic E-state index is -0.0240. The van der Waals surface area contributed by atoms with Crippen molar-refractivity contribution in [3.63, 3.8) is 0 Å². The Morgan fingerprint density at radius 1 is 1.29 bits per heavy atom. The average molecular weight is 294 g/mol. The van der Waals surface area contributed by atoms with E-state index in [2.05, 4.69) is 25.9 Å². The maximum absolute atomic E-state index is 5.74.